The van der Waals surface area contributed by atoms with Gasteiger partial charge in [0.05, 0.1) is 54.8 Å². The van der Waals surface area contributed by atoms with Crippen LogP contribution in [0.3, 0.4) is 0 Å². The number of rotatable bonds is 3. The summed E-state index contributed by atoms with van der Waals surface area (Å²) < 4.78 is 75.9. The third-order valence-corrected chi connectivity index (χ3v) is 7.00. The zero-order valence-corrected chi connectivity index (χ0v) is 19.7. The highest BCUT2D eigenvalue weighted by atomic mass is 35.5. The number of carbonyl (C=O) groups excluding carboxylic acids is 1. The number of fused-ring (bicyclic) bond motifs is 6. The van der Waals surface area contributed by atoms with E-state index in [0.717, 1.165) is 15.0 Å². The first-order chi connectivity index (χ1) is 18.8. The van der Waals surface area contributed by atoms with Crippen molar-refractivity contribution in [2.24, 2.45) is 0 Å². The smallest absolute Gasteiger partial charge is 0.383 e. The molecule has 5 heterocycles. The Morgan fingerprint density at radius 3 is 2.84 bits per heavy atom. The van der Waals surface area contributed by atoms with Crippen LogP contribution in [0.15, 0.2) is 30.6 Å². The molecule has 2 aliphatic rings. The molecule has 0 fully saturated rings. The summed E-state index contributed by atoms with van der Waals surface area (Å²) >= 11 is 6.50. The summed E-state index contributed by atoms with van der Waals surface area (Å²) in [6.45, 7) is -2.54. The molecule has 192 valence electrons. The number of nitrogens with zero attached hydrogens (tertiary/aromatic N) is 4. The predicted octanol–water partition coefficient (Wildman–Crippen LogP) is 4.02. The van der Waals surface area contributed by atoms with Gasteiger partial charge in [-0.05, 0) is 29.3 Å². The van der Waals surface area contributed by atoms with Gasteiger partial charge in [-0.25, -0.2) is 15.4 Å². The number of halogens is 4. The predicted molar refractivity (Wildman–Crippen MR) is 127 cm³/mol. The summed E-state index contributed by atoms with van der Waals surface area (Å²) in [6, 6.07) is 3.32. The van der Waals surface area contributed by atoms with Gasteiger partial charge in [-0.15, -0.1) is 0 Å². The lowest BCUT2D eigenvalue weighted by Gasteiger charge is -2.35. The van der Waals surface area contributed by atoms with Crippen molar-refractivity contribution in [3.8, 4) is 0 Å². The molecule has 6 rings (SSSR count). The molecule has 0 spiro atoms. The number of hydrogen-bond donors (Lipinski definition) is 2. The van der Waals surface area contributed by atoms with Gasteiger partial charge < -0.3 is 15.2 Å². The summed E-state index contributed by atoms with van der Waals surface area (Å²) in [6.07, 6.45) is -2.76. The number of aromatic nitrogens is 3. The lowest BCUT2D eigenvalue weighted by atomic mass is 9.98. The normalized spacial score (nSPS) is 18.8. The zero-order valence-electron chi connectivity index (χ0n) is 21.9. The van der Waals surface area contributed by atoms with Crippen LogP contribution in [-0.2, 0) is 35.5 Å². The van der Waals surface area contributed by atoms with E-state index in [0.29, 0.717) is 33.8 Å². The van der Waals surface area contributed by atoms with E-state index in [2.05, 4.69) is 15.4 Å². The van der Waals surface area contributed by atoms with E-state index >= 15 is 0 Å². The van der Waals surface area contributed by atoms with Gasteiger partial charge in [-0.2, -0.15) is 13.2 Å². The zero-order chi connectivity index (χ0) is 28.6. The van der Waals surface area contributed by atoms with Gasteiger partial charge in [-0.3, -0.25) is 14.2 Å². The summed E-state index contributed by atoms with van der Waals surface area (Å²) in [5.41, 5.74) is 9.83. The van der Waals surface area contributed by atoms with Gasteiger partial charge in [0.1, 0.15) is 17.2 Å². The van der Waals surface area contributed by atoms with Crippen LogP contribution in [-0.4, -0.2) is 38.9 Å². The molecular formula is C24H20ClF3N6O3. The highest BCUT2D eigenvalue weighted by Crippen LogP contribution is 2.37. The quantitative estimate of drug-likeness (QED) is 0.382. The Morgan fingerprint density at radius 2 is 2.05 bits per heavy atom. The first kappa shape index (κ1) is 20.6. The number of imidazole rings is 1. The molecule has 3 aromatic heterocycles. The maximum absolute atomic E-state index is 14.0. The van der Waals surface area contributed by atoms with Crippen molar-refractivity contribution < 1.29 is 31.6 Å². The molecule has 2 aliphatic heterocycles. The standard InChI is InChI=1S/C24H20ClF3N6O3/c1-30-34(19-10-37-9-16-11(19)2-3-33-20(24(26,27)28)6-31-22(16)33)23(35)13-4-12-14-7-36-8-15(14)21(29)32-18(12)5-17(13)25/h2-6,19,30H,7-10H2,1H3,(H2,29,32)/i1D3. The molecule has 3 N–H and O–H groups in total. The van der Waals surface area contributed by atoms with E-state index in [1.807, 2.05) is 0 Å². The third-order valence-electron chi connectivity index (χ3n) is 6.69. The molecule has 37 heavy (non-hydrogen) atoms. The maximum atomic E-state index is 14.0. The van der Waals surface area contributed by atoms with Crippen LogP contribution in [0.5, 0.6) is 0 Å². The average Bonchev–Trinajstić information content (AvgIpc) is 3.54. The number of nitrogens with two attached hydrogens (primary N) is 1. The first-order valence-corrected chi connectivity index (χ1v) is 11.4. The molecule has 0 aliphatic carbocycles. The van der Waals surface area contributed by atoms with Crippen LogP contribution in [0.25, 0.3) is 16.6 Å². The number of carbonyl (C=O) groups is 1. The second-order valence-electron chi connectivity index (χ2n) is 8.70. The number of alkyl halides is 3. The molecule has 1 aromatic carbocycles. The van der Waals surface area contributed by atoms with E-state index in [1.165, 1.54) is 24.4 Å². The Kier molecular flexibility index (Phi) is 4.76. The lowest BCUT2D eigenvalue weighted by molar-refractivity contribution is -0.141. The van der Waals surface area contributed by atoms with E-state index in [1.54, 1.807) is 0 Å². The number of ether oxygens (including phenoxy) is 2. The van der Waals surface area contributed by atoms with Crippen molar-refractivity contribution in [3.05, 3.63) is 69.1 Å². The van der Waals surface area contributed by atoms with E-state index in [4.69, 9.17) is 30.9 Å². The Hall–Kier alpha value is -3.45. The fourth-order valence-electron chi connectivity index (χ4n) is 4.92. The van der Waals surface area contributed by atoms with E-state index in [9.17, 15) is 18.0 Å². The summed E-state index contributed by atoms with van der Waals surface area (Å²) in [4.78, 5) is 22.3. The van der Waals surface area contributed by atoms with Gasteiger partial charge in [-0.1, -0.05) is 11.6 Å². The minimum Gasteiger partial charge on any atom is -0.383 e. The van der Waals surface area contributed by atoms with Crippen LogP contribution >= 0.6 is 11.6 Å². The number of anilines is 1. The minimum absolute atomic E-state index is 0.00362. The topological polar surface area (TPSA) is 107 Å². The highest BCUT2D eigenvalue weighted by molar-refractivity contribution is 6.34. The van der Waals surface area contributed by atoms with Crippen molar-refractivity contribution in [3.63, 3.8) is 0 Å². The number of hydrazine groups is 1. The van der Waals surface area contributed by atoms with Crippen molar-refractivity contribution in [1.82, 2.24) is 24.8 Å². The van der Waals surface area contributed by atoms with Crippen LogP contribution in [0.1, 0.15) is 48.5 Å². The van der Waals surface area contributed by atoms with Crippen LogP contribution in [0.4, 0.5) is 19.0 Å². The molecule has 9 nitrogen and oxygen atoms in total. The molecule has 13 heteroatoms. The minimum atomic E-state index is -4.65. The van der Waals surface area contributed by atoms with Gasteiger partial charge in [0, 0.05) is 33.8 Å². The summed E-state index contributed by atoms with van der Waals surface area (Å²) in [5, 5.41) is 1.45. The number of nitrogens with one attached hydrogen (secondary N) is 1. The maximum Gasteiger partial charge on any atom is 0.433 e. The Morgan fingerprint density at radius 1 is 1.27 bits per heavy atom. The van der Waals surface area contributed by atoms with E-state index in [-0.39, 0.29) is 48.5 Å². The SMILES string of the molecule is [2H]C([2H])([2H])NN(C(=O)c1cc2c3c(c(N)nc2cc1Cl)COC3)C1COCc2c1ccn1c(C(F)(F)F)cnc21. The van der Waals surface area contributed by atoms with Crippen molar-refractivity contribution in [2.45, 2.75) is 32.0 Å². The number of amides is 1. The summed E-state index contributed by atoms with van der Waals surface area (Å²) in [7, 11) is 0. The number of hydrogen-bond acceptors (Lipinski definition) is 7. The average molecular weight is 536 g/mol. The molecule has 1 atom stereocenters. The van der Waals surface area contributed by atoms with Gasteiger partial charge in [0.2, 0.25) is 0 Å². The monoisotopic (exact) mass is 535 g/mol. The molecule has 0 bridgehead atoms. The highest BCUT2D eigenvalue weighted by Gasteiger charge is 2.37. The third kappa shape index (κ3) is 3.71. The van der Waals surface area contributed by atoms with Gasteiger partial charge >= 0.3 is 6.18 Å². The van der Waals surface area contributed by atoms with Crippen molar-refractivity contribution in [2.75, 3.05) is 19.3 Å². The fraction of sp³-hybridized carbons (Fsp3) is 0.292. The van der Waals surface area contributed by atoms with Crippen molar-refractivity contribution >= 4 is 39.9 Å². The number of benzene rings is 1. The Labute approximate surface area is 217 Å². The van der Waals surface area contributed by atoms with Crippen LogP contribution < -0.4 is 11.2 Å². The molecule has 0 saturated carbocycles. The lowest BCUT2D eigenvalue weighted by Crippen LogP contribution is -2.46. The van der Waals surface area contributed by atoms with Gasteiger partial charge in [0.15, 0.2) is 0 Å². The molecule has 0 radical (unpaired) electrons. The second kappa shape index (κ2) is 8.55. The largest absolute Gasteiger partial charge is 0.433 e. The van der Waals surface area contributed by atoms with Crippen molar-refractivity contribution in [1.29, 1.82) is 0 Å². The fourth-order valence-corrected chi connectivity index (χ4v) is 5.16. The first-order valence-electron chi connectivity index (χ1n) is 12.6. The van der Waals surface area contributed by atoms with Crippen LogP contribution in [0, 0.1) is 0 Å². The summed E-state index contributed by atoms with van der Waals surface area (Å²) in [5.74, 6) is -0.510. The molecule has 1 amide bonds. The van der Waals surface area contributed by atoms with Crippen LogP contribution in [0.2, 0.25) is 5.02 Å². The molecule has 1 unspecified atom stereocenters. The Bertz CT molecular complexity index is 1690. The molecule has 4 aromatic rings. The van der Waals surface area contributed by atoms with E-state index < -0.39 is 30.8 Å². The Balaban J connectivity index is 1.47. The molecular weight excluding hydrogens is 513 g/mol. The second-order valence-corrected chi connectivity index (χ2v) is 9.11. The van der Waals surface area contributed by atoms with Gasteiger partial charge in [0.25, 0.3) is 5.91 Å². The number of nitrogen functional groups attached to an aromatic ring is 1. The number of pyridine rings is 2. The molecule has 0 saturated heterocycles.